The molecule has 1 saturated carbocycles. The molecule has 3 aromatic carbocycles. The van der Waals surface area contributed by atoms with E-state index in [0.717, 1.165) is 27.7 Å². The van der Waals surface area contributed by atoms with Crippen molar-refractivity contribution in [1.82, 2.24) is 53.3 Å². The van der Waals surface area contributed by atoms with Gasteiger partial charge in [-0.2, -0.15) is 10.2 Å². The molecule has 15 nitrogen and oxygen atoms in total. The summed E-state index contributed by atoms with van der Waals surface area (Å²) in [6.07, 6.45) is 7.42. The molecule has 7 heterocycles. The van der Waals surface area contributed by atoms with Crippen LogP contribution in [0.5, 0.6) is 0 Å². The number of aromatic nitrogens is 10. The van der Waals surface area contributed by atoms with Gasteiger partial charge >= 0.3 is 11.4 Å². The summed E-state index contributed by atoms with van der Waals surface area (Å²) in [5, 5.41) is 14.3. The topological polar surface area (TPSA) is 160 Å². The smallest absolute Gasteiger partial charge is 0.327 e. The van der Waals surface area contributed by atoms with E-state index in [4.69, 9.17) is 9.62 Å². The van der Waals surface area contributed by atoms with E-state index in [1.54, 1.807) is 51.9 Å². The van der Waals surface area contributed by atoms with Crippen molar-refractivity contribution in [3.8, 4) is 33.8 Å². The average Bonchev–Trinajstić information content (AvgIpc) is 3.71. The van der Waals surface area contributed by atoms with E-state index >= 15 is 9.18 Å². The van der Waals surface area contributed by atoms with Gasteiger partial charge in [-0.3, -0.25) is 37.8 Å². The molecule has 1 N–H and O–H groups in total. The van der Waals surface area contributed by atoms with Crippen molar-refractivity contribution >= 4 is 27.7 Å². The first-order valence-electron chi connectivity index (χ1n) is 19.7. The zero-order valence-corrected chi connectivity index (χ0v) is 33.0. The maximum Gasteiger partial charge on any atom is 0.438 e. The summed E-state index contributed by atoms with van der Waals surface area (Å²) in [6.45, 7) is 4.34. The molecule has 61 heavy (non-hydrogen) atoms. The molecule has 2 aliphatic rings. The summed E-state index contributed by atoms with van der Waals surface area (Å²) < 4.78 is 43.1. The summed E-state index contributed by atoms with van der Waals surface area (Å²) in [4.78, 5) is 50.8. The number of carbonyl (C=O) groups excluding carboxylic acids is 1. The molecule has 1 atom stereocenters. The van der Waals surface area contributed by atoms with Crippen molar-refractivity contribution in [2.45, 2.75) is 44.8 Å². The Hall–Kier alpha value is -7.69. The molecular weight excluding hydrogens is 785 g/mol. The van der Waals surface area contributed by atoms with Gasteiger partial charge < -0.3 is 9.47 Å². The van der Waals surface area contributed by atoms with Crippen LogP contribution in [0.2, 0.25) is 0 Å². The second kappa shape index (κ2) is 13.2. The van der Waals surface area contributed by atoms with Gasteiger partial charge in [0, 0.05) is 54.3 Å². The Morgan fingerprint density at radius 1 is 0.902 bits per heavy atom. The van der Waals surface area contributed by atoms with Crippen LogP contribution in [0.4, 0.5) is 8.78 Å². The third-order valence-electron chi connectivity index (χ3n) is 12.2. The van der Waals surface area contributed by atoms with Gasteiger partial charge in [-0.15, -0.1) is 0 Å². The van der Waals surface area contributed by atoms with Crippen LogP contribution in [0.1, 0.15) is 53.5 Å². The van der Waals surface area contributed by atoms with Crippen molar-refractivity contribution in [3.05, 3.63) is 153 Å². The van der Waals surface area contributed by atoms with Gasteiger partial charge in [0.1, 0.15) is 28.4 Å². The standard InChI is InChI=1S/C44H35F2N11O4/c1-24-20-28(12-15-47-24)27-6-9-32-29(21-27)22-35(57(32)44(13-14-44)41-49-42(59)61-51-41)40(58)53-18-19-56-38(25(53)2)39(37(50-56)26-4-7-30(45)8-5-26)55-17-16-54(43(55)60)34-11-10-33-31(36(34)46)23-48-52(33)3/h4-12,15-17,20-23,25H,13-14,18-19H2,1-3H3,(H,49,51,59)/t25-/m0/s1. The molecule has 11 rings (SSSR count). The number of nitrogens with one attached hydrogen (secondary N) is 1. The lowest BCUT2D eigenvalue weighted by Gasteiger charge is -2.35. The van der Waals surface area contributed by atoms with E-state index in [1.807, 2.05) is 54.8 Å². The second-order valence-corrected chi connectivity index (χ2v) is 15.7. The number of H-pyrrole nitrogens is 1. The van der Waals surface area contributed by atoms with Crippen LogP contribution >= 0.6 is 0 Å². The molecule has 0 unspecified atom stereocenters. The zero-order chi connectivity index (χ0) is 41.9. The fourth-order valence-electron chi connectivity index (χ4n) is 9.01. The number of nitrogens with zero attached hydrogens (tertiary/aromatic N) is 10. The van der Waals surface area contributed by atoms with Crippen molar-refractivity contribution < 1.29 is 18.1 Å². The fourth-order valence-corrected chi connectivity index (χ4v) is 9.01. The quantitative estimate of drug-likeness (QED) is 0.193. The minimum Gasteiger partial charge on any atom is -0.327 e. The number of aromatic amines is 1. The van der Waals surface area contributed by atoms with Crippen molar-refractivity contribution in [1.29, 1.82) is 0 Å². The number of hydrogen-bond donors (Lipinski definition) is 1. The van der Waals surface area contributed by atoms with Crippen LogP contribution in [-0.2, 0) is 19.1 Å². The predicted molar refractivity (Wildman–Crippen MR) is 220 cm³/mol. The van der Waals surface area contributed by atoms with Gasteiger partial charge in [0.25, 0.3) is 5.91 Å². The van der Waals surface area contributed by atoms with E-state index in [0.29, 0.717) is 52.5 Å². The van der Waals surface area contributed by atoms with Crippen molar-refractivity contribution in [3.63, 3.8) is 0 Å². The molecule has 6 aromatic heterocycles. The van der Waals surface area contributed by atoms with Gasteiger partial charge in [-0.1, -0.05) is 11.2 Å². The largest absolute Gasteiger partial charge is 0.438 e. The number of imidazole rings is 1. The Kier molecular flexibility index (Phi) is 7.85. The Morgan fingerprint density at radius 3 is 2.41 bits per heavy atom. The molecule has 1 amide bonds. The first-order valence-corrected chi connectivity index (χ1v) is 19.7. The van der Waals surface area contributed by atoms with Gasteiger partial charge in [0.15, 0.2) is 11.6 Å². The Balaban J connectivity index is 1.05. The number of amides is 1. The highest BCUT2D eigenvalue weighted by molar-refractivity contribution is 6.00. The van der Waals surface area contributed by atoms with Gasteiger partial charge in [-0.25, -0.2) is 18.4 Å². The van der Waals surface area contributed by atoms with Crippen LogP contribution in [0.3, 0.4) is 0 Å². The zero-order valence-electron chi connectivity index (χ0n) is 33.0. The summed E-state index contributed by atoms with van der Waals surface area (Å²) >= 11 is 0. The Bertz CT molecular complexity index is 3380. The Morgan fingerprint density at radius 2 is 1.66 bits per heavy atom. The van der Waals surface area contributed by atoms with Crippen LogP contribution in [-0.4, -0.2) is 65.7 Å². The van der Waals surface area contributed by atoms with Crippen molar-refractivity contribution in [2.24, 2.45) is 7.05 Å². The highest BCUT2D eigenvalue weighted by Crippen LogP contribution is 2.51. The van der Waals surface area contributed by atoms with Crippen molar-refractivity contribution in [2.75, 3.05) is 6.54 Å². The molecule has 1 fully saturated rings. The number of hydrogen-bond acceptors (Lipinski definition) is 8. The molecular formula is C44H35F2N11O4. The highest BCUT2D eigenvalue weighted by atomic mass is 19.1. The van der Waals surface area contributed by atoms with E-state index in [2.05, 4.69) is 20.2 Å². The molecule has 0 saturated heterocycles. The molecule has 0 spiro atoms. The summed E-state index contributed by atoms with van der Waals surface area (Å²) in [5.74, 6) is -1.69. The first kappa shape index (κ1) is 36.4. The third kappa shape index (κ3) is 5.49. The molecule has 9 aromatic rings. The third-order valence-corrected chi connectivity index (χ3v) is 12.2. The first-order chi connectivity index (χ1) is 29.5. The molecule has 304 valence electrons. The molecule has 0 radical (unpaired) electrons. The maximum atomic E-state index is 16.0. The predicted octanol–water partition coefficient (Wildman–Crippen LogP) is 6.41. The summed E-state index contributed by atoms with van der Waals surface area (Å²) in [5.41, 5.74) is 5.01. The number of rotatable bonds is 7. The van der Waals surface area contributed by atoms with E-state index < -0.39 is 34.7 Å². The molecule has 17 heteroatoms. The van der Waals surface area contributed by atoms with Crippen LogP contribution in [0, 0.1) is 18.6 Å². The van der Waals surface area contributed by atoms with Crippen LogP contribution in [0.15, 0.2) is 112 Å². The molecule has 0 bridgehead atoms. The summed E-state index contributed by atoms with van der Waals surface area (Å²) in [7, 11) is 1.71. The number of carbonyl (C=O) groups is 1. The lowest BCUT2D eigenvalue weighted by atomic mass is 10.0. The minimum atomic E-state index is -0.834. The van der Waals surface area contributed by atoms with E-state index in [1.165, 1.54) is 39.7 Å². The second-order valence-electron chi connectivity index (χ2n) is 15.7. The number of pyridine rings is 1. The fraction of sp³-hybridized carbons (Fsp3) is 0.205. The number of aryl methyl sites for hydroxylation is 2. The average molecular weight is 820 g/mol. The number of fused-ring (bicyclic) bond motifs is 3. The van der Waals surface area contributed by atoms with E-state index in [9.17, 15) is 14.0 Å². The summed E-state index contributed by atoms with van der Waals surface area (Å²) in [6, 6.07) is 20.2. The maximum absolute atomic E-state index is 16.0. The Labute approximate surface area is 343 Å². The molecule has 1 aliphatic heterocycles. The van der Waals surface area contributed by atoms with Gasteiger partial charge in [0.2, 0.25) is 0 Å². The minimum absolute atomic E-state index is 0.0379. The molecule has 1 aliphatic carbocycles. The van der Waals surface area contributed by atoms with Crippen LogP contribution in [0.25, 0.3) is 55.6 Å². The normalized spacial score (nSPS) is 15.8. The lowest BCUT2D eigenvalue weighted by Crippen LogP contribution is -2.43. The SMILES string of the molecule is Cc1cc(-c2ccc3c(c2)cc(C(=O)N2CCn4nc(-c5ccc(F)cc5)c(-n5ccn(-c6ccc7c(cnn7C)c6F)c5=O)c4[C@@H]2C)n3C2(c3noc(=O)[nH]3)CC2)ccn1. The van der Waals surface area contributed by atoms with Gasteiger partial charge in [0.05, 0.1) is 41.1 Å². The highest BCUT2D eigenvalue weighted by Gasteiger charge is 2.52. The number of halogens is 2. The number of benzene rings is 3. The lowest BCUT2D eigenvalue weighted by molar-refractivity contribution is 0.0623. The van der Waals surface area contributed by atoms with E-state index in [-0.39, 0.29) is 30.1 Å². The van der Waals surface area contributed by atoms with Gasteiger partial charge in [-0.05, 0) is 105 Å². The van der Waals surface area contributed by atoms with Crippen LogP contribution < -0.4 is 11.4 Å². The monoisotopic (exact) mass is 819 g/mol.